The number of nitrogens with zero attached hydrogens (tertiary/aromatic N) is 5. The molecule has 0 aromatic carbocycles. The summed E-state index contributed by atoms with van der Waals surface area (Å²) in [6, 6.07) is 2.05. The second kappa shape index (κ2) is 7.50. The highest BCUT2D eigenvalue weighted by Crippen LogP contribution is 2.21. The molecular formula is C20H25N5O2S. The first-order valence-corrected chi connectivity index (χ1v) is 10.6. The van der Waals surface area contributed by atoms with Gasteiger partial charge in [-0.05, 0) is 44.2 Å². The highest BCUT2D eigenvalue weighted by Gasteiger charge is 2.21. The summed E-state index contributed by atoms with van der Waals surface area (Å²) in [6.07, 6.45) is 1.87. The second-order valence-electron chi connectivity index (χ2n) is 7.47. The van der Waals surface area contributed by atoms with Crippen LogP contribution < -0.4 is 5.56 Å². The lowest BCUT2D eigenvalue weighted by Crippen LogP contribution is -2.34. The average Bonchev–Trinajstić information content (AvgIpc) is 3.08. The van der Waals surface area contributed by atoms with E-state index in [2.05, 4.69) is 5.10 Å². The molecule has 28 heavy (non-hydrogen) atoms. The Hall–Kier alpha value is -2.48. The summed E-state index contributed by atoms with van der Waals surface area (Å²) in [6.45, 7) is 8.38. The van der Waals surface area contributed by atoms with Crippen molar-refractivity contribution < 1.29 is 4.79 Å². The molecule has 0 bridgehead atoms. The number of hydrogen-bond acceptors (Lipinski definition) is 5. The standard InChI is InChI=1S/C20H25N5O2S/c1-13-12-28-19-18(13)20(27)24-10-9-23(8-6-16(24)21-19)17(26)5-4-7-25-15(3)11-14(2)22-25/h11-12H,4-10H2,1-3H3. The molecule has 0 aliphatic carbocycles. The topological polar surface area (TPSA) is 73.0 Å². The van der Waals surface area contributed by atoms with Crippen molar-refractivity contribution in [1.82, 2.24) is 24.2 Å². The van der Waals surface area contributed by atoms with Crippen LogP contribution in [0.5, 0.6) is 0 Å². The van der Waals surface area contributed by atoms with E-state index in [1.54, 1.807) is 4.57 Å². The van der Waals surface area contributed by atoms with Gasteiger partial charge >= 0.3 is 0 Å². The van der Waals surface area contributed by atoms with Crippen LogP contribution in [0.1, 0.15) is 35.6 Å². The van der Waals surface area contributed by atoms with E-state index in [1.807, 2.05) is 41.8 Å². The minimum Gasteiger partial charge on any atom is -0.340 e. The highest BCUT2D eigenvalue weighted by atomic mass is 32.1. The third kappa shape index (κ3) is 3.48. The van der Waals surface area contributed by atoms with Crippen LogP contribution in [0.3, 0.4) is 0 Å². The molecule has 1 aliphatic rings. The first-order valence-electron chi connectivity index (χ1n) is 9.70. The smallest absolute Gasteiger partial charge is 0.262 e. The first-order chi connectivity index (χ1) is 13.4. The highest BCUT2D eigenvalue weighted by molar-refractivity contribution is 7.16. The van der Waals surface area contributed by atoms with Gasteiger partial charge in [0.1, 0.15) is 10.7 Å². The van der Waals surface area contributed by atoms with E-state index in [0.717, 1.165) is 46.0 Å². The van der Waals surface area contributed by atoms with E-state index in [0.29, 0.717) is 32.5 Å². The maximum absolute atomic E-state index is 12.9. The van der Waals surface area contributed by atoms with Gasteiger partial charge in [0.15, 0.2) is 0 Å². The summed E-state index contributed by atoms with van der Waals surface area (Å²) >= 11 is 1.51. The fraction of sp³-hybridized carbons (Fsp3) is 0.500. The van der Waals surface area contributed by atoms with Crippen molar-refractivity contribution >= 4 is 27.5 Å². The largest absolute Gasteiger partial charge is 0.340 e. The summed E-state index contributed by atoms with van der Waals surface area (Å²) < 4.78 is 3.71. The molecule has 1 amide bonds. The summed E-state index contributed by atoms with van der Waals surface area (Å²) in [5.74, 6) is 0.928. The predicted molar refractivity (Wildman–Crippen MR) is 110 cm³/mol. The molecule has 4 rings (SSSR count). The summed E-state index contributed by atoms with van der Waals surface area (Å²) in [4.78, 5) is 32.9. The summed E-state index contributed by atoms with van der Waals surface area (Å²) in [7, 11) is 0. The monoisotopic (exact) mass is 399 g/mol. The molecule has 0 radical (unpaired) electrons. The molecule has 7 nitrogen and oxygen atoms in total. The van der Waals surface area contributed by atoms with Crippen molar-refractivity contribution in [3.8, 4) is 0 Å². The third-order valence-corrected chi connectivity index (χ3v) is 6.36. The minimum absolute atomic E-state index is 0.0255. The van der Waals surface area contributed by atoms with E-state index in [4.69, 9.17) is 4.98 Å². The first kappa shape index (κ1) is 18.9. The Morgan fingerprint density at radius 2 is 2.04 bits per heavy atom. The number of rotatable bonds is 4. The molecule has 3 aromatic rings. The molecule has 0 unspecified atom stereocenters. The van der Waals surface area contributed by atoms with E-state index in [1.165, 1.54) is 11.3 Å². The Morgan fingerprint density at radius 3 is 2.79 bits per heavy atom. The zero-order valence-electron chi connectivity index (χ0n) is 16.6. The zero-order chi connectivity index (χ0) is 19.8. The van der Waals surface area contributed by atoms with Gasteiger partial charge in [0, 0.05) is 44.7 Å². The number of amides is 1. The number of fused-ring (bicyclic) bond motifs is 2. The Kier molecular flexibility index (Phi) is 5.05. The van der Waals surface area contributed by atoms with Gasteiger partial charge in [0.05, 0.1) is 11.1 Å². The number of aromatic nitrogens is 4. The van der Waals surface area contributed by atoms with Crippen molar-refractivity contribution in [2.75, 3.05) is 13.1 Å². The van der Waals surface area contributed by atoms with Crippen molar-refractivity contribution in [1.29, 1.82) is 0 Å². The molecule has 0 spiro atoms. The van der Waals surface area contributed by atoms with Gasteiger partial charge in [-0.3, -0.25) is 18.8 Å². The number of carbonyl (C=O) groups is 1. The van der Waals surface area contributed by atoms with Crippen molar-refractivity contribution in [3.63, 3.8) is 0 Å². The number of carbonyl (C=O) groups excluding carboxylic acids is 1. The number of aryl methyl sites for hydroxylation is 4. The molecule has 1 aliphatic heterocycles. The summed E-state index contributed by atoms with van der Waals surface area (Å²) in [5, 5.41) is 7.15. The minimum atomic E-state index is 0.0255. The lowest BCUT2D eigenvalue weighted by molar-refractivity contribution is -0.131. The fourth-order valence-electron chi connectivity index (χ4n) is 3.88. The Balaban J connectivity index is 1.41. The lowest BCUT2D eigenvalue weighted by atomic mass is 10.2. The van der Waals surface area contributed by atoms with Gasteiger partial charge < -0.3 is 4.90 Å². The van der Waals surface area contributed by atoms with Gasteiger partial charge in [-0.25, -0.2) is 4.98 Å². The SMILES string of the molecule is Cc1cc(C)n(CCCC(=O)N2CCc3nc4scc(C)c4c(=O)n3CC2)n1. The van der Waals surface area contributed by atoms with Gasteiger partial charge in [0.2, 0.25) is 5.91 Å². The molecular weight excluding hydrogens is 374 g/mol. The zero-order valence-corrected chi connectivity index (χ0v) is 17.4. The van der Waals surface area contributed by atoms with Crippen LogP contribution in [0, 0.1) is 20.8 Å². The predicted octanol–water partition coefficient (Wildman–Crippen LogP) is 2.44. The number of thiophene rings is 1. The molecule has 4 heterocycles. The molecule has 0 saturated heterocycles. The fourth-order valence-corrected chi connectivity index (χ4v) is 4.81. The van der Waals surface area contributed by atoms with Crippen molar-refractivity contribution in [2.24, 2.45) is 0 Å². The van der Waals surface area contributed by atoms with Gasteiger partial charge in [0.25, 0.3) is 5.56 Å². The van der Waals surface area contributed by atoms with Crippen LogP contribution in [-0.2, 0) is 24.3 Å². The second-order valence-corrected chi connectivity index (χ2v) is 8.33. The molecule has 148 valence electrons. The molecule has 0 fully saturated rings. The van der Waals surface area contributed by atoms with E-state index >= 15 is 0 Å². The molecule has 3 aromatic heterocycles. The van der Waals surface area contributed by atoms with E-state index in [-0.39, 0.29) is 11.5 Å². The van der Waals surface area contributed by atoms with Crippen LogP contribution >= 0.6 is 11.3 Å². The van der Waals surface area contributed by atoms with Crippen molar-refractivity contribution in [2.45, 2.75) is 53.1 Å². The Morgan fingerprint density at radius 1 is 1.21 bits per heavy atom. The van der Waals surface area contributed by atoms with Gasteiger partial charge in [-0.1, -0.05) is 0 Å². The molecule has 8 heteroatoms. The quantitative estimate of drug-likeness (QED) is 0.675. The van der Waals surface area contributed by atoms with Crippen LogP contribution in [-0.4, -0.2) is 43.2 Å². The normalized spacial score (nSPS) is 14.3. The molecule has 0 atom stereocenters. The number of hydrogen-bond donors (Lipinski definition) is 0. The van der Waals surface area contributed by atoms with Crippen LogP contribution in [0.25, 0.3) is 10.2 Å². The van der Waals surface area contributed by atoms with Crippen LogP contribution in [0.2, 0.25) is 0 Å². The maximum Gasteiger partial charge on any atom is 0.262 e. The molecule has 0 saturated carbocycles. The van der Waals surface area contributed by atoms with Crippen LogP contribution in [0.4, 0.5) is 0 Å². The van der Waals surface area contributed by atoms with Gasteiger partial charge in [-0.15, -0.1) is 11.3 Å². The van der Waals surface area contributed by atoms with Crippen LogP contribution in [0.15, 0.2) is 16.2 Å². The maximum atomic E-state index is 12.9. The van der Waals surface area contributed by atoms with E-state index < -0.39 is 0 Å². The van der Waals surface area contributed by atoms with Crippen molar-refractivity contribution in [3.05, 3.63) is 44.6 Å². The van der Waals surface area contributed by atoms with Gasteiger partial charge in [-0.2, -0.15) is 5.10 Å². The summed E-state index contributed by atoms with van der Waals surface area (Å²) in [5.41, 5.74) is 3.13. The van der Waals surface area contributed by atoms with E-state index in [9.17, 15) is 9.59 Å². The molecule has 0 N–H and O–H groups in total. The lowest BCUT2D eigenvalue weighted by Gasteiger charge is -2.19. The average molecular weight is 400 g/mol. The Bertz CT molecular complexity index is 1090. The Labute approximate surface area is 167 Å². The third-order valence-electron chi connectivity index (χ3n) is 5.37.